The topological polar surface area (TPSA) is 46.5 Å². The second-order valence-electron chi connectivity index (χ2n) is 4.74. The minimum Gasteiger partial charge on any atom is -0.465 e. The molecule has 0 spiro atoms. The zero-order chi connectivity index (χ0) is 12.4. The normalized spacial score (nSPS) is 16.6. The van der Waals surface area contributed by atoms with Crippen LogP contribution in [0.2, 0.25) is 0 Å². The SMILES string of the molecule is COC(=O)c1ccc(C)c(CC(O)C2CC2)c1. The predicted molar refractivity (Wildman–Crippen MR) is 65.0 cm³/mol. The summed E-state index contributed by atoms with van der Waals surface area (Å²) >= 11 is 0. The molecule has 1 aliphatic rings. The number of carbonyl (C=O) groups is 1. The van der Waals surface area contributed by atoms with Crippen molar-refractivity contribution in [3.63, 3.8) is 0 Å². The first-order chi connectivity index (χ1) is 8.11. The Labute approximate surface area is 101 Å². The Morgan fingerprint density at radius 3 is 2.82 bits per heavy atom. The van der Waals surface area contributed by atoms with Gasteiger partial charge in [-0.25, -0.2) is 4.79 Å². The highest BCUT2D eigenvalue weighted by molar-refractivity contribution is 5.89. The van der Waals surface area contributed by atoms with Crippen LogP contribution in [0.3, 0.4) is 0 Å². The van der Waals surface area contributed by atoms with Crippen LogP contribution in [0.15, 0.2) is 18.2 Å². The Hall–Kier alpha value is -1.35. The highest BCUT2D eigenvalue weighted by Gasteiger charge is 2.29. The number of ether oxygens (including phenoxy) is 1. The van der Waals surface area contributed by atoms with E-state index in [0.29, 0.717) is 17.9 Å². The molecule has 1 aromatic rings. The van der Waals surface area contributed by atoms with Crippen LogP contribution in [-0.4, -0.2) is 24.3 Å². The minimum atomic E-state index is -0.327. The van der Waals surface area contributed by atoms with Gasteiger partial charge in [-0.1, -0.05) is 6.07 Å². The Morgan fingerprint density at radius 2 is 2.24 bits per heavy atom. The van der Waals surface area contributed by atoms with Crippen LogP contribution in [0.1, 0.15) is 34.3 Å². The molecule has 0 radical (unpaired) electrons. The van der Waals surface area contributed by atoms with Crippen molar-refractivity contribution in [1.29, 1.82) is 0 Å². The maximum Gasteiger partial charge on any atom is 0.337 e. The molecule has 1 aliphatic carbocycles. The largest absolute Gasteiger partial charge is 0.465 e. The number of methoxy groups -OCH3 is 1. The van der Waals surface area contributed by atoms with Gasteiger partial charge in [0.1, 0.15) is 0 Å². The summed E-state index contributed by atoms with van der Waals surface area (Å²) < 4.78 is 4.69. The smallest absolute Gasteiger partial charge is 0.337 e. The molecule has 0 amide bonds. The fourth-order valence-corrected chi connectivity index (χ4v) is 2.01. The van der Waals surface area contributed by atoms with E-state index in [9.17, 15) is 9.90 Å². The van der Waals surface area contributed by atoms with Crippen LogP contribution in [0.4, 0.5) is 0 Å². The number of aliphatic hydroxyl groups is 1. The monoisotopic (exact) mass is 234 g/mol. The number of rotatable bonds is 4. The van der Waals surface area contributed by atoms with Crippen LogP contribution in [0, 0.1) is 12.8 Å². The molecular weight excluding hydrogens is 216 g/mol. The van der Waals surface area contributed by atoms with E-state index in [1.54, 1.807) is 6.07 Å². The van der Waals surface area contributed by atoms with Crippen molar-refractivity contribution >= 4 is 5.97 Å². The van der Waals surface area contributed by atoms with Crippen LogP contribution < -0.4 is 0 Å². The van der Waals surface area contributed by atoms with Crippen molar-refractivity contribution in [2.75, 3.05) is 7.11 Å². The van der Waals surface area contributed by atoms with Crippen LogP contribution in [0.5, 0.6) is 0 Å². The van der Waals surface area contributed by atoms with Gasteiger partial charge in [-0.15, -0.1) is 0 Å². The van der Waals surface area contributed by atoms with Gasteiger partial charge in [0.2, 0.25) is 0 Å². The fourth-order valence-electron chi connectivity index (χ4n) is 2.01. The lowest BCUT2D eigenvalue weighted by Gasteiger charge is -2.12. The Kier molecular flexibility index (Phi) is 3.48. The first-order valence-corrected chi connectivity index (χ1v) is 5.97. The van der Waals surface area contributed by atoms with Gasteiger partial charge in [-0.3, -0.25) is 0 Å². The molecule has 1 saturated carbocycles. The van der Waals surface area contributed by atoms with E-state index < -0.39 is 0 Å². The number of esters is 1. The lowest BCUT2D eigenvalue weighted by molar-refractivity contribution is 0.0600. The van der Waals surface area contributed by atoms with Gasteiger partial charge in [-0.05, 0) is 55.4 Å². The molecule has 1 fully saturated rings. The van der Waals surface area contributed by atoms with Gasteiger partial charge in [0.25, 0.3) is 0 Å². The molecule has 17 heavy (non-hydrogen) atoms. The Morgan fingerprint density at radius 1 is 1.53 bits per heavy atom. The lowest BCUT2D eigenvalue weighted by atomic mass is 9.98. The van der Waals surface area contributed by atoms with Crippen molar-refractivity contribution in [3.8, 4) is 0 Å². The molecule has 0 heterocycles. The number of benzene rings is 1. The molecule has 0 saturated heterocycles. The van der Waals surface area contributed by atoms with Gasteiger partial charge in [0, 0.05) is 0 Å². The first-order valence-electron chi connectivity index (χ1n) is 5.97. The quantitative estimate of drug-likeness (QED) is 0.811. The maximum absolute atomic E-state index is 11.4. The van der Waals surface area contributed by atoms with Crippen molar-refractivity contribution in [2.24, 2.45) is 5.92 Å². The minimum absolute atomic E-state index is 0.276. The number of aryl methyl sites for hydroxylation is 1. The molecule has 3 nitrogen and oxygen atoms in total. The molecule has 1 N–H and O–H groups in total. The van der Waals surface area contributed by atoms with Gasteiger partial charge in [-0.2, -0.15) is 0 Å². The molecular formula is C14H18O3. The first kappa shape index (κ1) is 12.1. The zero-order valence-corrected chi connectivity index (χ0v) is 10.3. The van der Waals surface area contributed by atoms with Crippen molar-refractivity contribution in [2.45, 2.75) is 32.3 Å². The third kappa shape index (κ3) is 2.86. The summed E-state index contributed by atoms with van der Waals surface area (Å²) in [5, 5.41) is 9.94. The van der Waals surface area contributed by atoms with Crippen LogP contribution in [-0.2, 0) is 11.2 Å². The summed E-state index contributed by atoms with van der Waals surface area (Å²) in [6.45, 7) is 2.00. The van der Waals surface area contributed by atoms with E-state index >= 15 is 0 Å². The number of hydrogen-bond acceptors (Lipinski definition) is 3. The van der Waals surface area contributed by atoms with E-state index in [-0.39, 0.29) is 12.1 Å². The summed E-state index contributed by atoms with van der Waals surface area (Å²) in [6, 6.07) is 5.49. The highest BCUT2D eigenvalue weighted by atomic mass is 16.5. The molecule has 0 aromatic heterocycles. The average molecular weight is 234 g/mol. The fraction of sp³-hybridized carbons (Fsp3) is 0.500. The van der Waals surface area contributed by atoms with Crippen LogP contribution >= 0.6 is 0 Å². The lowest BCUT2D eigenvalue weighted by Crippen LogP contribution is -2.14. The molecule has 1 aromatic carbocycles. The zero-order valence-electron chi connectivity index (χ0n) is 10.3. The maximum atomic E-state index is 11.4. The highest BCUT2D eigenvalue weighted by Crippen LogP contribution is 2.34. The Balaban J connectivity index is 2.16. The number of hydrogen-bond donors (Lipinski definition) is 1. The van der Waals surface area contributed by atoms with Gasteiger partial charge >= 0.3 is 5.97 Å². The number of carbonyl (C=O) groups excluding carboxylic acids is 1. The molecule has 0 bridgehead atoms. The Bertz CT molecular complexity index is 421. The van der Waals surface area contributed by atoms with Gasteiger partial charge < -0.3 is 9.84 Å². The summed E-state index contributed by atoms with van der Waals surface area (Å²) in [5.41, 5.74) is 2.70. The molecule has 1 atom stereocenters. The summed E-state index contributed by atoms with van der Waals surface area (Å²) in [7, 11) is 1.38. The number of aliphatic hydroxyl groups excluding tert-OH is 1. The van der Waals surface area contributed by atoms with E-state index in [0.717, 1.165) is 24.0 Å². The second-order valence-corrected chi connectivity index (χ2v) is 4.74. The third-order valence-electron chi connectivity index (χ3n) is 3.37. The summed E-state index contributed by atoms with van der Waals surface area (Å²) in [4.78, 5) is 11.4. The molecule has 3 heteroatoms. The third-order valence-corrected chi connectivity index (χ3v) is 3.37. The molecule has 1 unspecified atom stereocenters. The standard InChI is InChI=1S/C14H18O3/c1-9-3-4-11(14(16)17-2)7-12(9)8-13(15)10-5-6-10/h3-4,7,10,13,15H,5-6,8H2,1-2H3. The molecule has 2 rings (SSSR count). The van der Waals surface area contributed by atoms with Gasteiger partial charge in [0.05, 0.1) is 18.8 Å². The van der Waals surface area contributed by atoms with E-state index in [4.69, 9.17) is 4.74 Å². The summed E-state index contributed by atoms with van der Waals surface area (Å²) in [5.74, 6) is 0.128. The van der Waals surface area contributed by atoms with Crippen molar-refractivity contribution < 1.29 is 14.6 Å². The summed E-state index contributed by atoms with van der Waals surface area (Å²) in [6.07, 6.45) is 2.59. The van der Waals surface area contributed by atoms with Crippen molar-refractivity contribution in [3.05, 3.63) is 34.9 Å². The second kappa shape index (κ2) is 4.88. The molecule has 0 aliphatic heterocycles. The van der Waals surface area contributed by atoms with E-state index in [1.807, 2.05) is 19.1 Å². The van der Waals surface area contributed by atoms with Crippen molar-refractivity contribution in [1.82, 2.24) is 0 Å². The van der Waals surface area contributed by atoms with Crippen LogP contribution in [0.25, 0.3) is 0 Å². The average Bonchev–Trinajstić information content (AvgIpc) is 3.14. The van der Waals surface area contributed by atoms with Gasteiger partial charge in [0.15, 0.2) is 0 Å². The van der Waals surface area contributed by atoms with E-state index in [1.165, 1.54) is 7.11 Å². The van der Waals surface area contributed by atoms with E-state index in [2.05, 4.69) is 0 Å². The molecule has 92 valence electrons. The predicted octanol–water partition coefficient (Wildman–Crippen LogP) is 2.10.